The summed E-state index contributed by atoms with van der Waals surface area (Å²) < 4.78 is 15.3. The summed E-state index contributed by atoms with van der Waals surface area (Å²) in [6.07, 6.45) is 5.49. The summed E-state index contributed by atoms with van der Waals surface area (Å²) in [7, 11) is 0. The fourth-order valence-electron chi connectivity index (χ4n) is 6.32. The highest BCUT2D eigenvalue weighted by Crippen LogP contribution is 2.29. The highest BCUT2D eigenvalue weighted by molar-refractivity contribution is 5.98. The van der Waals surface area contributed by atoms with Crippen molar-refractivity contribution >= 4 is 17.8 Å². The van der Waals surface area contributed by atoms with Gasteiger partial charge in [0.05, 0.1) is 5.92 Å². The molecule has 0 saturated carbocycles. The molecule has 5 aromatic rings. The Bertz CT molecular complexity index is 2050. The minimum absolute atomic E-state index is 0.0726. The van der Waals surface area contributed by atoms with Crippen LogP contribution >= 0.6 is 0 Å². The van der Waals surface area contributed by atoms with Crippen molar-refractivity contribution in [1.29, 1.82) is 0 Å². The van der Waals surface area contributed by atoms with Gasteiger partial charge in [0, 0.05) is 54.2 Å². The second-order valence-electron chi connectivity index (χ2n) is 14.5. The largest absolute Gasteiger partial charge is 0.481 e. The number of hydrogen-bond acceptors (Lipinski definition) is 5. The second kappa shape index (κ2) is 15.3. The van der Waals surface area contributed by atoms with Crippen molar-refractivity contribution in [3.8, 4) is 33.6 Å². The molecular weight excluding hydrogens is 655 g/mol. The Morgan fingerprint density at radius 3 is 2.00 bits per heavy atom. The van der Waals surface area contributed by atoms with E-state index in [1.165, 1.54) is 16.5 Å². The van der Waals surface area contributed by atoms with E-state index >= 15 is 4.39 Å². The molecule has 2 heterocycles. The molecule has 6 rings (SSSR count). The van der Waals surface area contributed by atoms with Crippen LogP contribution in [-0.4, -0.2) is 56.9 Å². The molecule has 52 heavy (non-hydrogen) atoms. The van der Waals surface area contributed by atoms with Gasteiger partial charge in [-0.2, -0.15) is 0 Å². The van der Waals surface area contributed by atoms with Gasteiger partial charge in [-0.1, -0.05) is 107 Å². The Labute approximate surface area is 303 Å². The van der Waals surface area contributed by atoms with Gasteiger partial charge >= 0.3 is 5.97 Å². The molecule has 4 aromatic carbocycles. The summed E-state index contributed by atoms with van der Waals surface area (Å²) in [4.78, 5) is 48.7. The van der Waals surface area contributed by atoms with E-state index in [4.69, 9.17) is 0 Å². The van der Waals surface area contributed by atoms with E-state index in [2.05, 4.69) is 55.1 Å². The molecule has 1 aromatic heterocycles. The summed E-state index contributed by atoms with van der Waals surface area (Å²) in [5.41, 5.74) is 6.95. The highest BCUT2D eigenvalue weighted by Gasteiger charge is 2.39. The average molecular weight is 699 g/mol. The summed E-state index contributed by atoms with van der Waals surface area (Å²) >= 11 is 0. The van der Waals surface area contributed by atoms with E-state index in [0.29, 0.717) is 22.5 Å². The van der Waals surface area contributed by atoms with Crippen LogP contribution in [0, 0.1) is 11.7 Å². The Hall–Kier alpha value is -5.70. The number of aromatic nitrogens is 2. The number of carboxylic acid groups (broad SMARTS) is 1. The maximum absolute atomic E-state index is 15.3. The van der Waals surface area contributed by atoms with Gasteiger partial charge in [0.2, 0.25) is 5.91 Å². The van der Waals surface area contributed by atoms with Crippen LogP contribution in [0.3, 0.4) is 0 Å². The normalized spacial score (nSPS) is 13.7. The lowest BCUT2D eigenvalue weighted by atomic mass is 9.86. The van der Waals surface area contributed by atoms with E-state index in [0.717, 1.165) is 40.7 Å². The van der Waals surface area contributed by atoms with E-state index in [1.807, 2.05) is 54.6 Å². The van der Waals surface area contributed by atoms with E-state index in [9.17, 15) is 19.5 Å². The SMILES string of the molecule is CCCc1ccc(-c2ccc(-c3cnc(-c4ccc(C[C@H](NC(=O)c5ccc(C(C)(C)C)cc5)C(=O)N5CC(C(=O)O)C5)cc4)nc3)c(F)c2)cc1. The third-order valence-electron chi connectivity index (χ3n) is 9.57. The Morgan fingerprint density at radius 1 is 0.827 bits per heavy atom. The third-order valence-corrected chi connectivity index (χ3v) is 9.57. The molecule has 0 aliphatic carbocycles. The molecule has 0 unspecified atom stereocenters. The Kier molecular flexibility index (Phi) is 10.6. The molecule has 1 aliphatic heterocycles. The lowest BCUT2D eigenvalue weighted by molar-refractivity contribution is -0.153. The van der Waals surface area contributed by atoms with Crippen LogP contribution in [0.15, 0.2) is 103 Å². The molecule has 1 saturated heterocycles. The van der Waals surface area contributed by atoms with Crippen LogP contribution in [0.25, 0.3) is 33.6 Å². The second-order valence-corrected chi connectivity index (χ2v) is 14.5. The number of likely N-dealkylation sites (tertiary alicyclic amines) is 1. The first-order valence-electron chi connectivity index (χ1n) is 17.6. The number of halogens is 1. The number of carbonyl (C=O) groups excluding carboxylic acids is 2. The number of benzene rings is 4. The number of amides is 2. The molecule has 2 N–H and O–H groups in total. The number of nitrogens with one attached hydrogen (secondary N) is 1. The van der Waals surface area contributed by atoms with Gasteiger partial charge in [0.1, 0.15) is 11.9 Å². The standard InChI is InChI=1S/C43H43FN4O4/c1-5-6-27-7-11-29(12-8-27)32-17-20-36(37(44)22-32)33-23-45-39(46-24-33)30-13-9-28(10-14-30)21-38(41(50)48-25-34(26-48)42(51)52)47-40(49)31-15-18-35(19-16-31)43(2,3)4/h7-20,22-24,34,38H,5-6,21,25-26H2,1-4H3,(H,47,49)(H,51,52)/t38-/m0/s1. The van der Waals surface area contributed by atoms with E-state index < -0.39 is 17.9 Å². The van der Waals surface area contributed by atoms with Crippen molar-refractivity contribution in [3.05, 3.63) is 131 Å². The number of aliphatic carboxylic acids is 1. The van der Waals surface area contributed by atoms with Crippen LogP contribution in [0.2, 0.25) is 0 Å². The minimum atomic E-state index is -0.943. The molecule has 266 valence electrons. The van der Waals surface area contributed by atoms with Crippen LogP contribution in [-0.2, 0) is 27.8 Å². The number of aryl methyl sites for hydroxylation is 1. The smallest absolute Gasteiger partial charge is 0.310 e. The number of carboxylic acids is 1. The maximum Gasteiger partial charge on any atom is 0.310 e. The predicted octanol–water partition coefficient (Wildman–Crippen LogP) is 7.75. The lowest BCUT2D eigenvalue weighted by Gasteiger charge is -2.39. The molecule has 1 atom stereocenters. The quantitative estimate of drug-likeness (QED) is 0.146. The van der Waals surface area contributed by atoms with Crippen molar-refractivity contribution < 1.29 is 23.9 Å². The van der Waals surface area contributed by atoms with Crippen LogP contribution in [0.5, 0.6) is 0 Å². The molecule has 0 bridgehead atoms. The zero-order valence-electron chi connectivity index (χ0n) is 29.9. The third kappa shape index (κ3) is 8.26. The number of hydrogen-bond donors (Lipinski definition) is 2. The van der Waals surface area contributed by atoms with E-state index in [-0.39, 0.29) is 42.6 Å². The molecule has 0 radical (unpaired) electrons. The van der Waals surface area contributed by atoms with Crippen LogP contribution < -0.4 is 5.32 Å². The number of rotatable bonds is 11. The summed E-state index contributed by atoms with van der Waals surface area (Å²) in [6, 6.07) is 27.2. The maximum atomic E-state index is 15.3. The van der Waals surface area contributed by atoms with Crippen LogP contribution in [0.4, 0.5) is 4.39 Å². The summed E-state index contributed by atoms with van der Waals surface area (Å²) in [5, 5.41) is 12.2. The molecule has 1 aliphatic rings. The molecule has 0 spiro atoms. The summed E-state index contributed by atoms with van der Waals surface area (Å²) in [6.45, 7) is 8.63. The predicted molar refractivity (Wildman–Crippen MR) is 200 cm³/mol. The van der Waals surface area contributed by atoms with Gasteiger partial charge in [-0.15, -0.1) is 0 Å². The highest BCUT2D eigenvalue weighted by atomic mass is 19.1. The Balaban J connectivity index is 1.14. The van der Waals surface area contributed by atoms with Crippen molar-refractivity contribution in [1.82, 2.24) is 20.2 Å². The van der Waals surface area contributed by atoms with Crippen molar-refractivity contribution in [3.63, 3.8) is 0 Å². The molecular formula is C43H43FN4O4. The van der Waals surface area contributed by atoms with Crippen LogP contribution in [0.1, 0.15) is 61.2 Å². The van der Waals surface area contributed by atoms with Gasteiger partial charge in [-0.25, -0.2) is 14.4 Å². The molecule has 1 fully saturated rings. The molecule has 9 heteroatoms. The first kappa shape index (κ1) is 36.1. The fourth-order valence-corrected chi connectivity index (χ4v) is 6.32. The van der Waals surface area contributed by atoms with Gasteiger partial charge in [0.25, 0.3) is 5.91 Å². The van der Waals surface area contributed by atoms with Crippen molar-refractivity contribution in [2.45, 2.75) is 58.4 Å². The average Bonchev–Trinajstić information content (AvgIpc) is 3.11. The van der Waals surface area contributed by atoms with Gasteiger partial charge in [0.15, 0.2) is 5.82 Å². The molecule has 2 amide bonds. The zero-order chi connectivity index (χ0) is 37.0. The van der Waals surface area contributed by atoms with Gasteiger partial charge < -0.3 is 15.3 Å². The first-order valence-corrected chi connectivity index (χ1v) is 17.6. The fraction of sp³-hybridized carbons (Fsp3) is 0.279. The number of carbonyl (C=O) groups is 3. The lowest BCUT2D eigenvalue weighted by Crippen LogP contribution is -2.59. The Morgan fingerprint density at radius 2 is 1.42 bits per heavy atom. The monoisotopic (exact) mass is 698 g/mol. The topological polar surface area (TPSA) is 112 Å². The van der Waals surface area contributed by atoms with E-state index in [1.54, 1.807) is 30.6 Å². The van der Waals surface area contributed by atoms with Crippen molar-refractivity contribution in [2.75, 3.05) is 13.1 Å². The summed E-state index contributed by atoms with van der Waals surface area (Å²) in [5.74, 6) is -2.16. The molecule has 8 nitrogen and oxygen atoms in total. The first-order chi connectivity index (χ1) is 24.9. The van der Waals surface area contributed by atoms with Gasteiger partial charge in [-0.05, 0) is 57.9 Å². The van der Waals surface area contributed by atoms with Crippen molar-refractivity contribution in [2.24, 2.45) is 5.92 Å². The number of nitrogens with zero attached hydrogens (tertiary/aromatic N) is 3. The van der Waals surface area contributed by atoms with Gasteiger partial charge in [-0.3, -0.25) is 14.4 Å². The zero-order valence-corrected chi connectivity index (χ0v) is 29.9. The minimum Gasteiger partial charge on any atom is -0.481 e.